The number of fused-ring (bicyclic) bond motifs is 1. The molecule has 2 rings (SSSR count). The Labute approximate surface area is 87.3 Å². The van der Waals surface area contributed by atoms with E-state index in [-0.39, 0.29) is 0 Å². The summed E-state index contributed by atoms with van der Waals surface area (Å²) in [6, 6.07) is 7.38. The molecule has 1 aromatic carbocycles. The molecule has 0 bridgehead atoms. The molecular weight excluding hydrogens is 190 g/mol. The molecule has 0 aliphatic carbocycles. The van der Waals surface area contributed by atoms with E-state index in [1.54, 1.807) is 23.8 Å². The number of rotatable bonds is 2. The average Bonchev–Trinajstić information content (AvgIpc) is 2.56. The number of nitrogens with zero attached hydrogens (tertiary/aromatic N) is 1. The zero-order chi connectivity index (χ0) is 11.0. The predicted octanol–water partition coefficient (Wildman–Crippen LogP) is 2.52. The summed E-state index contributed by atoms with van der Waals surface area (Å²) in [4.78, 5) is 10.9. The van der Waals surface area contributed by atoms with E-state index >= 15 is 0 Å². The van der Waals surface area contributed by atoms with Crippen LogP contribution in [0.2, 0.25) is 0 Å². The molecule has 76 valence electrons. The lowest BCUT2D eigenvalue weighted by Crippen LogP contribution is -2.04. The van der Waals surface area contributed by atoms with Crippen molar-refractivity contribution in [1.82, 2.24) is 4.57 Å². The number of carboxylic acid groups (broad SMARTS) is 1. The second-order valence-corrected chi connectivity index (χ2v) is 3.38. The summed E-state index contributed by atoms with van der Waals surface area (Å²) in [6.07, 6.45) is 1.73. The van der Waals surface area contributed by atoms with Crippen molar-refractivity contribution in [3.8, 4) is 0 Å². The second kappa shape index (κ2) is 3.28. The van der Waals surface area contributed by atoms with E-state index in [1.165, 1.54) is 0 Å². The molecule has 15 heavy (non-hydrogen) atoms. The number of hydrogen-bond acceptors (Lipinski definition) is 1. The van der Waals surface area contributed by atoms with Crippen molar-refractivity contribution >= 4 is 22.9 Å². The van der Waals surface area contributed by atoms with Crippen LogP contribution in [-0.4, -0.2) is 15.6 Å². The third kappa shape index (κ3) is 1.32. The number of aromatic carboxylic acids is 1. The average molecular weight is 201 g/mol. The minimum Gasteiger partial charge on any atom is -0.477 e. The van der Waals surface area contributed by atoms with Crippen LogP contribution in [0.4, 0.5) is 0 Å². The molecule has 1 N–H and O–H groups in total. The Morgan fingerprint density at radius 3 is 2.87 bits per heavy atom. The van der Waals surface area contributed by atoms with Crippen LogP contribution >= 0.6 is 0 Å². The summed E-state index contributed by atoms with van der Waals surface area (Å²) >= 11 is 0. The number of aryl methyl sites for hydroxylation is 1. The Bertz CT molecular complexity index is 552. The van der Waals surface area contributed by atoms with E-state index in [0.29, 0.717) is 5.69 Å². The summed E-state index contributed by atoms with van der Waals surface area (Å²) in [6.45, 7) is 3.72. The van der Waals surface area contributed by atoms with Gasteiger partial charge in [-0.05, 0) is 11.6 Å². The van der Waals surface area contributed by atoms with Crippen molar-refractivity contribution in [2.24, 2.45) is 7.05 Å². The zero-order valence-electron chi connectivity index (χ0n) is 8.40. The Morgan fingerprint density at radius 2 is 2.27 bits per heavy atom. The van der Waals surface area contributed by atoms with Crippen molar-refractivity contribution in [2.75, 3.05) is 0 Å². The van der Waals surface area contributed by atoms with Crippen molar-refractivity contribution in [3.63, 3.8) is 0 Å². The Hall–Kier alpha value is -2.03. The van der Waals surface area contributed by atoms with Crippen LogP contribution in [0.5, 0.6) is 0 Å². The lowest BCUT2D eigenvalue weighted by atomic mass is 10.1. The van der Waals surface area contributed by atoms with Gasteiger partial charge in [-0.15, -0.1) is 0 Å². The SMILES string of the molecule is C=Cc1cccc2cc(C(=O)O)n(C)c12. The predicted molar refractivity (Wildman–Crippen MR) is 60.0 cm³/mol. The van der Waals surface area contributed by atoms with Gasteiger partial charge < -0.3 is 9.67 Å². The first-order valence-electron chi connectivity index (χ1n) is 4.59. The van der Waals surface area contributed by atoms with Crippen LogP contribution in [0.1, 0.15) is 16.1 Å². The third-order valence-electron chi connectivity index (χ3n) is 2.53. The Balaban J connectivity index is 2.88. The summed E-state index contributed by atoms with van der Waals surface area (Å²) in [5.41, 5.74) is 2.15. The molecule has 0 unspecified atom stereocenters. The number of benzene rings is 1. The summed E-state index contributed by atoms with van der Waals surface area (Å²) in [7, 11) is 1.75. The highest BCUT2D eigenvalue weighted by atomic mass is 16.4. The van der Waals surface area contributed by atoms with E-state index in [0.717, 1.165) is 16.5 Å². The van der Waals surface area contributed by atoms with Gasteiger partial charge in [-0.3, -0.25) is 0 Å². The maximum atomic E-state index is 10.9. The van der Waals surface area contributed by atoms with Gasteiger partial charge in [-0.2, -0.15) is 0 Å². The highest BCUT2D eigenvalue weighted by molar-refractivity contribution is 5.97. The van der Waals surface area contributed by atoms with E-state index in [4.69, 9.17) is 5.11 Å². The first-order valence-corrected chi connectivity index (χ1v) is 4.59. The van der Waals surface area contributed by atoms with Gasteiger partial charge in [0.05, 0.1) is 5.52 Å². The van der Waals surface area contributed by atoms with Crippen LogP contribution in [-0.2, 0) is 7.05 Å². The number of carbonyl (C=O) groups is 1. The lowest BCUT2D eigenvalue weighted by Gasteiger charge is -2.02. The zero-order valence-corrected chi connectivity index (χ0v) is 8.40. The highest BCUT2D eigenvalue weighted by Crippen LogP contribution is 2.23. The van der Waals surface area contributed by atoms with Crippen molar-refractivity contribution in [2.45, 2.75) is 0 Å². The molecule has 0 amide bonds. The summed E-state index contributed by atoms with van der Waals surface area (Å²) in [5.74, 6) is -0.913. The minimum atomic E-state index is -0.913. The van der Waals surface area contributed by atoms with Gasteiger partial charge in [0, 0.05) is 12.4 Å². The molecule has 0 aliphatic rings. The fourth-order valence-corrected chi connectivity index (χ4v) is 1.82. The molecule has 1 aromatic heterocycles. The first kappa shape index (κ1) is 9.52. The van der Waals surface area contributed by atoms with E-state index in [2.05, 4.69) is 6.58 Å². The smallest absolute Gasteiger partial charge is 0.352 e. The molecule has 0 fully saturated rings. The maximum absolute atomic E-state index is 10.9. The molecule has 3 heteroatoms. The highest BCUT2D eigenvalue weighted by Gasteiger charge is 2.12. The van der Waals surface area contributed by atoms with Crippen LogP contribution in [0.25, 0.3) is 17.0 Å². The number of aromatic nitrogens is 1. The van der Waals surface area contributed by atoms with Gasteiger partial charge in [0.25, 0.3) is 0 Å². The van der Waals surface area contributed by atoms with Crippen LogP contribution < -0.4 is 0 Å². The molecule has 2 aromatic rings. The number of para-hydroxylation sites is 1. The van der Waals surface area contributed by atoms with E-state index in [9.17, 15) is 4.79 Å². The van der Waals surface area contributed by atoms with E-state index < -0.39 is 5.97 Å². The minimum absolute atomic E-state index is 0.291. The lowest BCUT2D eigenvalue weighted by molar-refractivity contribution is 0.0687. The van der Waals surface area contributed by atoms with Gasteiger partial charge in [0.15, 0.2) is 0 Å². The molecule has 3 nitrogen and oxygen atoms in total. The van der Waals surface area contributed by atoms with Gasteiger partial charge in [-0.1, -0.05) is 30.9 Å². The third-order valence-corrected chi connectivity index (χ3v) is 2.53. The Kier molecular flexibility index (Phi) is 2.08. The van der Waals surface area contributed by atoms with Crippen molar-refractivity contribution in [3.05, 3.63) is 42.1 Å². The van der Waals surface area contributed by atoms with Gasteiger partial charge in [0.1, 0.15) is 5.69 Å². The van der Waals surface area contributed by atoms with Crippen LogP contribution in [0, 0.1) is 0 Å². The molecule has 0 spiro atoms. The molecule has 0 radical (unpaired) electrons. The van der Waals surface area contributed by atoms with Gasteiger partial charge in [0.2, 0.25) is 0 Å². The maximum Gasteiger partial charge on any atom is 0.352 e. The largest absolute Gasteiger partial charge is 0.477 e. The monoisotopic (exact) mass is 201 g/mol. The quantitative estimate of drug-likeness (QED) is 0.811. The molecule has 1 heterocycles. The van der Waals surface area contributed by atoms with Crippen molar-refractivity contribution < 1.29 is 9.90 Å². The van der Waals surface area contributed by atoms with Crippen molar-refractivity contribution in [1.29, 1.82) is 0 Å². The topological polar surface area (TPSA) is 42.2 Å². The first-order chi connectivity index (χ1) is 7.15. The van der Waals surface area contributed by atoms with Crippen LogP contribution in [0.15, 0.2) is 30.8 Å². The number of hydrogen-bond donors (Lipinski definition) is 1. The van der Waals surface area contributed by atoms with Gasteiger partial charge >= 0.3 is 5.97 Å². The fraction of sp³-hybridized carbons (Fsp3) is 0.0833. The fourth-order valence-electron chi connectivity index (χ4n) is 1.82. The summed E-state index contributed by atoms with van der Waals surface area (Å²) in [5, 5.41) is 9.91. The second-order valence-electron chi connectivity index (χ2n) is 3.38. The van der Waals surface area contributed by atoms with E-state index in [1.807, 2.05) is 18.2 Å². The normalized spacial score (nSPS) is 10.5. The molecule has 0 saturated carbocycles. The van der Waals surface area contributed by atoms with Gasteiger partial charge in [-0.25, -0.2) is 4.79 Å². The summed E-state index contributed by atoms with van der Waals surface area (Å²) < 4.78 is 1.68. The molecule has 0 aliphatic heterocycles. The van der Waals surface area contributed by atoms with Crippen LogP contribution in [0.3, 0.4) is 0 Å². The Morgan fingerprint density at radius 1 is 1.53 bits per heavy atom. The molecular formula is C12H11NO2. The molecule has 0 atom stereocenters. The number of carboxylic acids is 1. The standard InChI is InChI=1S/C12H11NO2/c1-3-8-5-4-6-9-7-10(12(14)15)13(2)11(8)9/h3-7H,1H2,2H3,(H,14,15). The molecule has 0 saturated heterocycles.